The van der Waals surface area contributed by atoms with E-state index in [1.54, 1.807) is 12.1 Å². The number of piperidine rings is 1. The van der Waals surface area contributed by atoms with Crippen LogP contribution in [0.5, 0.6) is 0 Å². The molecule has 1 aliphatic carbocycles. The average molecular weight is 255 g/mol. The van der Waals surface area contributed by atoms with Gasteiger partial charge in [-0.2, -0.15) is 0 Å². The quantitative estimate of drug-likeness (QED) is 0.859. The maximum atomic E-state index is 13.0. The Bertz CT molecular complexity index is 414. The molecule has 0 amide bonds. The summed E-state index contributed by atoms with van der Waals surface area (Å²) >= 11 is 5.73. The van der Waals surface area contributed by atoms with Crippen molar-refractivity contribution in [3.8, 4) is 0 Å². The Labute approximate surface area is 106 Å². The predicted octanol–water partition coefficient (Wildman–Crippen LogP) is 2.03. The van der Waals surface area contributed by atoms with Crippen molar-refractivity contribution in [2.45, 2.75) is 6.54 Å². The molecule has 2 nitrogen and oxygen atoms in total. The maximum Gasteiger partial charge on any atom is 0.141 e. The lowest BCUT2D eigenvalue weighted by Gasteiger charge is -2.07. The standard InChI is InChI=1S/C13H16ClFN2/c14-12-3-8(1-2-13(12)15)4-16-5-9-10-6-17-7-11(9)10/h1-3,9-11,16-17H,4-7H2. The molecule has 1 aromatic carbocycles. The molecule has 1 aromatic rings. The van der Waals surface area contributed by atoms with Gasteiger partial charge in [-0.05, 0) is 55.1 Å². The van der Waals surface area contributed by atoms with Crippen LogP contribution in [0, 0.1) is 23.6 Å². The van der Waals surface area contributed by atoms with E-state index in [0.717, 1.165) is 36.4 Å². The summed E-state index contributed by atoms with van der Waals surface area (Å²) < 4.78 is 13.0. The van der Waals surface area contributed by atoms with Gasteiger partial charge in [0, 0.05) is 6.54 Å². The van der Waals surface area contributed by atoms with Crippen molar-refractivity contribution in [1.29, 1.82) is 0 Å². The molecule has 0 aromatic heterocycles. The summed E-state index contributed by atoms with van der Waals surface area (Å²) in [5.41, 5.74) is 1.04. The minimum Gasteiger partial charge on any atom is -0.316 e. The van der Waals surface area contributed by atoms with Crippen LogP contribution in [-0.4, -0.2) is 19.6 Å². The van der Waals surface area contributed by atoms with Crippen molar-refractivity contribution in [2.75, 3.05) is 19.6 Å². The molecule has 1 saturated heterocycles. The zero-order valence-corrected chi connectivity index (χ0v) is 10.3. The van der Waals surface area contributed by atoms with E-state index in [-0.39, 0.29) is 10.8 Å². The number of nitrogens with one attached hydrogen (secondary N) is 2. The van der Waals surface area contributed by atoms with Gasteiger partial charge in [-0.3, -0.25) is 0 Å². The van der Waals surface area contributed by atoms with Gasteiger partial charge in [0.25, 0.3) is 0 Å². The molecule has 0 spiro atoms. The van der Waals surface area contributed by atoms with Crippen molar-refractivity contribution in [1.82, 2.24) is 10.6 Å². The normalized spacial score (nSPS) is 30.4. The van der Waals surface area contributed by atoms with Gasteiger partial charge in [0.1, 0.15) is 5.82 Å². The lowest BCUT2D eigenvalue weighted by Crippen LogP contribution is -2.23. The summed E-state index contributed by atoms with van der Waals surface area (Å²) in [6.07, 6.45) is 0. The van der Waals surface area contributed by atoms with Crippen LogP contribution in [0.25, 0.3) is 0 Å². The fourth-order valence-corrected chi connectivity index (χ4v) is 3.09. The third-order valence-electron chi connectivity index (χ3n) is 3.96. The van der Waals surface area contributed by atoms with Crippen LogP contribution < -0.4 is 10.6 Å². The second-order valence-electron chi connectivity index (χ2n) is 5.03. The molecule has 92 valence electrons. The Kier molecular flexibility index (Phi) is 3.07. The zero-order chi connectivity index (χ0) is 11.8. The molecule has 2 aliphatic rings. The van der Waals surface area contributed by atoms with Crippen LogP contribution in [0.15, 0.2) is 18.2 Å². The van der Waals surface area contributed by atoms with E-state index in [4.69, 9.17) is 11.6 Å². The monoisotopic (exact) mass is 254 g/mol. The highest BCUT2D eigenvalue weighted by Gasteiger charge is 2.51. The molecule has 1 saturated carbocycles. The topological polar surface area (TPSA) is 24.1 Å². The molecule has 0 bridgehead atoms. The summed E-state index contributed by atoms with van der Waals surface area (Å²) in [6.45, 7) is 4.19. The Hall–Kier alpha value is -0.640. The van der Waals surface area contributed by atoms with E-state index in [9.17, 15) is 4.39 Å². The van der Waals surface area contributed by atoms with Gasteiger partial charge in [-0.15, -0.1) is 0 Å². The second-order valence-corrected chi connectivity index (χ2v) is 5.44. The van der Waals surface area contributed by atoms with E-state index in [1.807, 2.05) is 0 Å². The largest absolute Gasteiger partial charge is 0.316 e. The first-order valence-electron chi connectivity index (χ1n) is 6.11. The molecular weight excluding hydrogens is 239 g/mol. The summed E-state index contributed by atoms with van der Waals surface area (Å²) in [5.74, 6) is 2.27. The fourth-order valence-electron chi connectivity index (χ4n) is 2.88. The van der Waals surface area contributed by atoms with Crippen molar-refractivity contribution >= 4 is 11.6 Å². The van der Waals surface area contributed by atoms with E-state index >= 15 is 0 Å². The zero-order valence-electron chi connectivity index (χ0n) is 9.55. The third-order valence-corrected chi connectivity index (χ3v) is 4.25. The van der Waals surface area contributed by atoms with E-state index < -0.39 is 0 Å². The average Bonchev–Trinajstić information content (AvgIpc) is 2.75. The minimum atomic E-state index is -0.349. The number of fused-ring (bicyclic) bond motifs is 1. The van der Waals surface area contributed by atoms with Gasteiger partial charge in [0.2, 0.25) is 0 Å². The van der Waals surface area contributed by atoms with Crippen LogP contribution in [-0.2, 0) is 6.54 Å². The smallest absolute Gasteiger partial charge is 0.141 e. The first-order valence-corrected chi connectivity index (χ1v) is 6.49. The third kappa shape index (κ3) is 2.32. The van der Waals surface area contributed by atoms with Crippen LogP contribution in [0.2, 0.25) is 5.02 Å². The van der Waals surface area contributed by atoms with Gasteiger partial charge in [0.05, 0.1) is 5.02 Å². The highest BCUT2D eigenvalue weighted by atomic mass is 35.5. The van der Waals surface area contributed by atoms with Gasteiger partial charge in [-0.25, -0.2) is 4.39 Å². The Morgan fingerprint density at radius 2 is 2.12 bits per heavy atom. The molecule has 0 radical (unpaired) electrons. The van der Waals surface area contributed by atoms with Gasteiger partial charge >= 0.3 is 0 Å². The summed E-state index contributed by atoms with van der Waals surface area (Å²) in [4.78, 5) is 0. The maximum absolute atomic E-state index is 13.0. The number of benzene rings is 1. The van der Waals surface area contributed by atoms with Crippen LogP contribution in [0.1, 0.15) is 5.56 Å². The number of hydrogen-bond acceptors (Lipinski definition) is 2. The van der Waals surface area contributed by atoms with E-state index in [1.165, 1.54) is 19.2 Å². The van der Waals surface area contributed by atoms with Gasteiger partial charge < -0.3 is 10.6 Å². The molecule has 2 N–H and O–H groups in total. The molecule has 17 heavy (non-hydrogen) atoms. The van der Waals surface area contributed by atoms with Gasteiger partial charge in [0.15, 0.2) is 0 Å². The van der Waals surface area contributed by atoms with Crippen LogP contribution in [0.3, 0.4) is 0 Å². The lowest BCUT2D eigenvalue weighted by molar-refractivity contribution is 0.539. The Balaban J connectivity index is 1.46. The fraction of sp³-hybridized carbons (Fsp3) is 0.538. The Morgan fingerprint density at radius 1 is 1.35 bits per heavy atom. The van der Waals surface area contributed by atoms with Crippen LogP contribution >= 0.6 is 11.6 Å². The number of hydrogen-bond donors (Lipinski definition) is 2. The molecule has 2 atom stereocenters. The highest BCUT2D eigenvalue weighted by Crippen LogP contribution is 2.47. The van der Waals surface area contributed by atoms with Crippen molar-refractivity contribution < 1.29 is 4.39 Å². The summed E-state index contributed by atoms with van der Waals surface area (Å²) in [7, 11) is 0. The minimum absolute atomic E-state index is 0.205. The van der Waals surface area contributed by atoms with Gasteiger partial charge in [-0.1, -0.05) is 17.7 Å². The molecule has 2 unspecified atom stereocenters. The van der Waals surface area contributed by atoms with Crippen molar-refractivity contribution in [3.63, 3.8) is 0 Å². The highest BCUT2D eigenvalue weighted by molar-refractivity contribution is 6.30. The first kappa shape index (κ1) is 11.5. The Morgan fingerprint density at radius 3 is 2.82 bits per heavy atom. The molecular formula is C13H16ClFN2. The molecule has 3 rings (SSSR count). The van der Waals surface area contributed by atoms with E-state index in [0.29, 0.717) is 0 Å². The summed E-state index contributed by atoms with van der Waals surface area (Å²) in [6, 6.07) is 4.90. The molecule has 4 heteroatoms. The van der Waals surface area contributed by atoms with E-state index in [2.05, 4.69) is 10.6 Å². The van der Waals surface area contributed by atoms with Crippen LogP contribution in [0.4, 0.5) is 4.39 Å². The second kappa shape index (κ2) is 4.56. The first-order chi connectivity index (χ1) is 8.25. The molecule has 2 fully saturated rings. The molecule has 1 aliphatic heterocycles. The number of halogens is 2. The van der Waals surface area contributed by atoms with Crippen molar-refractivity contribution in [2.24, 2.45) is 17.8 Å². The number of rotatable bonds is 4. The van der Waals surface area contributed by atoms with Crippen molar-refractivity contribution in [3.05, 3.63) is 34.6 Å². The summed E-state index contributed by atoms with van der Waals surface area (Å²) in [5, 5.41) is 7.02. The lowest BCUT2D eigenvalue weighted by atomic mass is 10.2. The molecule has 1 heterocycles. The SMILES string of the molecule is Fc1ccc(CNCC2C3CNCC23)cc1Cl. The predicted molar refractivity (Wildman–Crippen MR) is 66.5 cm³/mol.